The molecule has 1 aromatic rings. The van der Waals surface area contributed by atoms with Crippen molar-refractivity contribution >= 4 is 5.91 Å². The molecule has 1 saturated heterocycles. The number of hydrogen-bond donors (Lipinski definition) is 2. The average Bonchev–Trinajstić information content (AvgIpc) is 2.42. The van der Waals surface area contributed by atoms with Crippen LogP contribution in [0.4, 0.5) is 0 Å². The summed E-state index contributed by atoms with van der Waals surface area (Å²) >= 11 is 0. The molecule has 0 aliphatic carbocycles. The largest absolute Gasteiger partial charge is 0.481 e. The van der Waals surface area contributed by atoms with Crippen LogP contribution in [0.5, 0.6) is 5.75 Å². The lowest BCUT2D eigenvalue weighted by molar-refractivity contribution is -0.128. The lowest BCUT2D eigenvalue weighted by Crippen LogP contribution is -2.49. The first kappa shape index (κ1) is 13.9. The standard InChI is InChI=1S/C15H22N2O2/c1-11-5-7-14(8-6-11)19-12(2)15(18)17-13-4-3-9-16-10-13/h5-8,12-13,16H,3-4,9-10H2,1-2H3,(H,17,18). The van der Waals surface area contributed by atoms with E-state index in [1.807, 2.05) is 31.2 Å². The summed E-state index contributed by atoms with van der Waals surface area (Å²) in [5.41, 5.74) is 1.18. The van der Waals surface area contributed by atoms with E-state index >= 15 is 0 Å². The van der Waals surface area contributed by atoms with Gasteiger partial charge in [0.15, 0.2) is 6.10 Å². The summed E-state index contributed by atoms with van der Waals surface area (Å²) in [5.74, 6) is 0.685. The molecule has 19 heavy (non-hydrogen) atoms. The fourth-order valence-electron chi connectivity index (χ4n) is 2.17. The molecule has 0 bridgehead atoms. The van der Waals surface area contributed by atoms with Crippen LogP contribution in [-0.4, -0.2) is 31.1 Å². The molecule has 0 radical (unpaired) electrons. The number of ether oxygens (including phenoxy) is 1. The molecule has 4 nitrogen and oxygen atoms in total. The van der Waals surface area contributed by atoms with Crippen LogP contribution in [0.25, 0.3) is 0 Å². The first-order valence-electron chi connectivity index (χ1n) is 6.89. The molecule has 0 aromatic heterocycles. The highest BCUT2D eigenvalue weighted by molar-refractivity contribution is 5.81. The summed E-state index contributed by atoms with van der Waals surface area (Å²) < 4.78 is 5.64. The van der Waals surface area contributed by atoms with Gasteiger partial charge in [0.2, 0.25) is 0 Å². The summed E-state index contributed by atoms with van der Waals surface area (Å²) in [4.78, 5) is 12.0. The van der Waals surface area contributed by atoms with Crippen LogP contribution >= 0.6 is 0 Å². The first-order chi connectivity index (χ1) is 9.15. The molecule has 1 aromatic carbocycles. The first-order valence-corrected chi connectivity index (χ1v) is 6.89. The molecular weight excluding hydrogens is 240 g/mol. The topological polar surface area (TPSA) is 50.4 Å². The second-order valence-electron chi connectivity index (χ2n) is 5.12. The molecule has 2 unspecified atom stereocenters. The Bertz CT molecular complexity index is 411. The predicted molar refractivity (Wildman–Crippen MR) is 75.3 cm³/mol. The zero-order valence-electron chi connectivity index (χ0n) is 11.6. The van der Waals surface area contributed by atoms with E-state index in [1.54, 1.807) is 6.92 Å². The maximum atomic E-state index is 12.0. The van der Waals surface area contributed by atoms with Crippen LogP contribution in [-0.2, 0) is 4.79 Å². The van der Waals surface area contributed by atoms with Crippen LogP contribution < -0.4 is 15.4 Å². The molecule has 1 aliphatic heterocycles. The normalized spacial score (nSPS) is 20.6. The third kappa shape index (κ3) is 4.24. The van der Waals surface area contributed by atoms with Crippen molar-refractivity contribution in [3.05, 3.63) is 29.8 Å². The number of aryl methyl sites for hydroxylation is 1. The van der Waals surface area contributed by atoms with Gasteiger partial charge in [0.1, 0.15) is 5.75 Å². The van der Waals surface area contributed by atoms with Crippen molar-refractivity contribution in [2.24, 2.45) is 0 Å². The molecular formula is C15H22N2O2. The van der Waals surface area contributed by atoms with Gasteiger partial charge in [0.05, 0.1) is 0 Å². The number of benzene rings is 1. The smallest absolute Gasteiger partial charge is 0.261 e. The van der Waals surface area contributed by atoms with Crippen LogP contribution in [0.15, 0.2) is 24.3 Å². The highest BCUT2D eigenvalue weighted by Gasteiger charge is 2.20. The van der Waals surface area contributed by atoms with Crippen LogP contribution in [0.3, 0.4) is 0 Å². The van der Waals surface area contributed by atoms with Gasteiger partial charge < -0.3 is 15.4 Å². The second kappa shape index (κ2) is 6.57. The molecule has 1 aliphatic rings. The van der Waals surface area contributed by atoms with Crippen LogP contribution in [0.1, 0.15) is 25.3 Å². The number of carbonyl (C=O) groups excluding carboxylic acids is 1. The minimum absolute atomic E-state index is 0.0470. The van der Waals surface area contributed by atoms with Gasteiger partial charge in [-0.15, -0.1) is 0 Å². The molecule has 2 rings (SSSR count). The van der Waals surface area contributed by atoms with E-state index in [2.05, 4.69) is 10.6 Å². The molecule has 1 amide bonds. The lowest BCUT2D eigenvalue weighted by Gasteiger charge is -2.25. The molecule has 2 atom stereocenters. The van der Waals surface area contributed by atoms with Crippen LogP contribution in [0.2, 0.25) is 0 Å². The number of amides is 1. The summed E-state index contributed by atoms with van der Waals surface area (Å²) in [5, 5.41) is 6.30. The van der Waals surface area contributed by atoms with E-state index in [1.165, 1.54) is 5.56 Å². The fourth-order valence-corrected chi connectivity index (χ4v) is 2.17. The van der Waals surface area contributed by atoms with Gasteiger partial charge in [-0.2, -0.15) is 0 Å². The van der Waals surface area contributed by atoms with Crippen molar-refractivity contribution in [1.29, 1.82) is 0 Å². The Morgan fingerprint density at radius 1 is 1.42 bits per heavy atom. The van der Waals surface area contributed by atoms with Crippen molar-refractivity contribution in [1.82, 2.24) is 10.6 Å². The summed E-state index contributed by atoms with van der Waals surface area (Å²) in [6, 6.07) is 7.96. The SMILES string of the molecule is Cc1ccc(OC(C)C(=O)NC2CCCNC2)cc1. The van der Waals surface area contributed by atoms with Gasteiger partial charge in [0, 0.05) is 12.6 Å². The Morgan fingerprint density at radius 2 is 2.16 bits per heavy atom. The summed E-state index contributed by atoms with van der Waals surface area (Å²) in [7, 11) is 0. The Hall–Kier alpha value is -1.55. The zero-order valence-corrected chi connectivity index (χ0v) is 11.6. The monoisotopic (exact) mass is 262 g/mol. The Morgan fingerprint density at radius 3 is 2.79 bits per heavy atom. The maximum Gasteiger partial charge on any atom is 0.261 e. The number of carbonyl (C=O) groups is 1. The molecule has 0 saturated carbocycles. The van der Waals surface area contributed by atoms with Crippen molar-refractivity contribution in [2.45, 2.75) is 38.8 Å². The molecule has 0 spiro atoms. The van der Waals surface area contributed by atoms with Crippen molar-refractivity contribution < 1.29 is 9.53 Å². The van der Waals surface area contributed by atoms with Gasteiger partial charge in [0.25, 0.3) is 5.91 Å². The van der Waals surface area contributed by atoms with Crippen molar-refractivity contribution in [3.63, 3.8) is 0 Å². The lowest BCUT2D eigenvalue weighted by atomic mass is 10.1. The highest BCUT2D eigenvalue weighted by Crippen LogP contribution is 2.13. The third-order valence-corrected chi connectivity index (χ3v) is 3.35. The van der Waals surface area contributed by atoms with E-state index in [0.717, 1.165) is 31.7 Å². The molecule has 104 valence electrons. The molecule has 2 N–H and O–H groups in total. The fraction of sp³-hybridized carbons (Fsp3) is 0.533. The van der Waals surface area contributed by atoms with Gasteiger partial charge in [-0.1, -0.05) is 17.7 Å². The third-order valence-electron chi connectivity index (χ3n) is 3.35. The molecule has 1 fully saturated rings. The Kier molecular flexibility index (Phi) is 4.80. The minimum atomic E-state index is -0.468. The van der Waals surface area contributed by atoms with Gasteiger partial charge in [-0.3, -0.25) is 4.79 Å². The highest BCUT2D eigenvalue weighted by atomic mass is 16.5. The van der Waals surface area contributed by atoms with Crippen LogP contribution in [0, 0.1) is 6.92 Å². The number of hydrogen-bond acceptors (Lipinski definition) is 3. The van der Waals surface area contributed by atoms with Gasteiger partial charge in [-0.05, 0) is 45.4 Å². The molecule has 1 heterocycles. The van der Waals surface area contributed by atoms with E-state index in [4.69, 9.17) is 4.74 Å². The van der Waals surface area contributed by atoms with Gasteiger partial charge in [-0.25, -0.2) is 0 Å². The van der Waals surface area contributed by atoms with E-state index < -0.39 is 6.10 Å². The average molecular weight is 262 g/mol. The van der Waals surface area contributed by atoms with Crippen molar-refractivity contribution in [3.8, 4) is 5.75 Å². The quantitative estimate of drug-likeness (QED) is 0.867. The zero-order chi connectivity index (χ0) is 13.7. The van der Waals surface area contributed by atoms with Crippen molar-refractivity contribution in [2.75, 3.05) is 13.1 Å². The van der Waals surface area contributed by atoms with E-state index in [-0.39, 0.29) is 11.9 Å². The maximum absolute atomic E-state index is 12.0. The Labute approximate surface area is 114 Å². The van der Waals surface area contributed by atoms with Gasteiger partial charge >= 0.3 is 0 Å². The van der Waals surface area contributed by atoms with E-state index in [0.29, 0.717) is 0 Å². The predicted octanol–water partition coefficient (Wildman–Crippen LogP) is 1.63. The number of nitrogens with one attached hydrogen (secondary N) is 2. The Balaban J connectivity index is 1.83. The number of piperidine rings is 1. The number of rotatable bonds is 4. The second-order valence-corrected chi connectivity index (χ2v) is 5.12. The molecule has 4 heteroatoms. The summed E-state index contributed by atoms with van der Waals surface area (Å²) in [6.07, 6.45) is 1.68. The minimum Gasteiger partial charge on any atom is -0.481 e. The summed E-state index contributed by atoms with van der Waals surface area (Å²) in [6.45, 7) is 5.70. The van der Waals surface area contributed by atoms with E-state index in [9.17, 15) is 4.79 Å².